The molecule has 3 heterocycles. The van der Waals surface area contributed by atoms with Crippen molar-refractivity contribution in [3.8, 4) is 17.3 Å². The van der Waals surface area contributed by atoms with Crippen molar-refractivity contribution in [2.45, 2.75) is 31.5 Å². The standard InChI is InChI=1S/C28H29N5O3S/c1-20-8-6-11-23(16-20)33-27(24-12-7-15-36-24)29-30-28(33)37-19-26(35)31-13-14-32(21(2)18-31)25(34)17-22-9-4-3-5-10-22/h3-12,15-16,21H,13-14,17-19H2,1-2H3. The summed E-state index contributed by atoms with van der Waals surface area (Å²) in [6.45, 7) is 5.60. The summed E-state index contributed by atoms with van der Waals surface area (Å²) in [5.74, 6) is 1.54. The minimum Gasteiger partial charge on any atom is -0.461 e. The molecule has 1 saturated heterocycles. The van der Waals surface area contributed by atoms with E-state index < -0.39 is 0 Å². The molecule has 9 heteroatoms. The lowest BCUT2D eigenvalue weighted by Gasteiger charge is -2.40. The molecule has 0 saturated carbocycles. The first-order chi connectivity index (χ1) is 18.0. The second-order valence-corrected chi connectivity index (χ2v) is 10.1. The van der Waals surface area contributed by atoms with Crippen LogP contribution in [0.3, 0.4) is 0 Å². The quantitative estimate of drug-likeness (QED) is 0.343. The van der Waals surface area contributed by atoms with Gasteiger partial charge in [-0.1, -0.05) is 54.2 Å². The fourth-order valence-corrected chi connectivity index (χ4v) is 5.43. The zero-order valence-electron chi connectivity index (χ0n) is 20.9. The van der Waals surface area contributed by atoms with Gasteiger partial charge in [0, 0.05) is 25.7 Å². The van der Waals surface area contributed by atoms with Crippen molar-refractivity contribution in [2.75, 3.05) is 25.4 Å². The van der Waals surface area contributed by atoms with E-state index in [1.807, 2.05) is 88.9 Å². The molecule has 1 aliphatic rings. The summed E-state index contributed by atoms with van der Waals surface area (Å²) in [4.78, 5) is 29.7. The smallest absolute Gasteiger partial charge is 0.233 e. The third kappa shape index (κ3) is 5.61. The maximum absolute atomic E-state index is 13.1. The Balaban J connectivity index is 1.24. The average Bonchev–Trinajstić information content (AvgIpc) is 3.58. The molecule has 0 N–H and O–H groups in total. The Bertz CT molecular complexity index is 1370. The van der Waals surface area contributed by atoms with E-state index in [2.05, 4.69) is 16.3 Å². The Morgan fingerprint density at radius 1 is 1.00 bits per heavy atom. The predicted molar refractivity (Wildman–Crippen MR) is 142 cm³/mol. The van der Waals surface area contributed by atoms with Crippen LogP contribution in [0, 0.1) is 6.92 Å². The van der Waals surface area contributed by atoms with Gasteiger partial charge in [0.1, 0.15) is 0 Å². The van der Waals surface area contributed by atoms with Gasteiger partial charge < -0.3 is 14.2 Å². The lowest BCUT2D eigenvalue weighted by Crippen LogP contribution is -2.56. The van der Waals surface area contributed by atoms with Crippen LogP contribution in [0.4, 0.5) is 0 Å². The van der Waals surface area contributed by atoms with Crippen molar-refractivity contribution in [3.05, 3.63) is 84.1 Å². The van der Waals surface area contributed by atoms with Crippen molar-refractivity contribution < 1.29 is 14.0 Å². The SMILES string of the molecule is Cc1cccc(-n2c(SCC(=O)N3CCN(C(=O)Cc4ccccc4)C(C)C3)nnc2-c2ccco2)c1. The number of hydrogen-bond donors (Lipinski definition) is 0. The van der Waals surface area contributed by atoms with Crippen molar-refractivity contribution in [2.24, 2.45) is 0 Å². The summed E-state index contributed by atoms with van der Waals surface area (Å²) >= 11 is 1.35. The third-order valence-corrected chi connectivity index (χ3v) is 7.37. The number of piperazine rings is 1. The summed E-state index contributed by atoms with van der Waals surface area (Å²) in [5, 5.41) is 9.36. The number of hydrogen-bond acceptors (Lipinski definition) is 6. The minimum absolute atomic E-state index is 0.0188. The van der Waals surface area contributed by atoms with E-state index >= 15 is 0 Å². The highest BCUT2D eigenvalue weighted by molar-refractivity contribution is 7.99. The highest BCUT2D eigenvalue weighted by Gasteiger charge is 2.30. The Morgan fingerprint density at radius 3 is 2.57 bits per heavy atom. The molecule has 1 atom stereocenters. The molecule has 0 aliphatic carbocycles. The summed E-state index contributed by atoms with van der Waals surface area (Å²) in [6.07, 6.45) is 1.98. The number of rotatable bonds is 7. The average molecular weight is 516 g/mol. The largest absolute Gasteiger partial charge is 0.461 e. The second-order valence-electron chi connectivity index (χ2n) is 9.18. The number of benzene rings is 2. The maximum Gasteiger partial charge on any atom is 0.233 e. The Hall–Kier alpha value is -3.85. The van der Waals surface area contributed by atoms with Gasteiger partial charge in [-0.05, 0) is 49.2 Å². The molecule has 2 aromatic carbocycles. The van der Waals surface area contributed by atoms with Gasteiger partial charge in [-0.2, -0.15) is 0 Å². The predicted octanol–water partition coefficient (Wildman–Crippen LogP) is 4.23. The van der Waals surface area contributed by atoms with Gasteiger partial charge in [-0.3, -0.25) is 14.2 Å². The summed E-state index contributed by atoms with van der Waals surface area (Å²) < 4.78 is 7.51. The van der Waals surface area contributed by atoms with Crippen molar-refractivity contribution in [1.29, 1.82) is 0 Å². The van der Waals surface area contributed by atoms with Crippen LogP contribution in [-0.2, 0) is 16.0 Å². The lowest BCUT2D eigenvalue weighted by atomic mass is 10.1. The highest BCUT2D eigenvalue weighted by Crippen LogP contribution is 2.29. The number of aromatic nitrogens is 3. The number of carbonyl (C=O) groups excluding carboxylic acids is 2. The van der Waals surface area contributed by atoms with Gasteiger partial charge in [0.05, 0.1) is 24.1 Å². The zero-order valence-corrected chi connectivity index (χ0v) is 21.7. The number of furan rings is 1. The molecule has 5 rings (SSSR count). The maximum atomic E-state index is 13.1. The molecule has 1 unspecified atom stereocenters. The van der Waals surface area contributed by atoms with Crippen molar-refractivity contribution >= 4 is 23.6 Å². The van der Waals surface area contributed by atoms with Gasteiger partial charge in [0.2, 0.25) is 17.6 Å². The van der Waals surface area contributed by atoms with Crippen LogP contribution in [0.2, 0.25) is 0 Å². The molecule has 1 fully saturated rings. The van der Waals surface area contributed by atoms with Crippen LogP contribution in [0.25, 0.3) is 17.3 Å². The Labute approximate surface area is 220 Å². The molecule has 4 aromatic rings. The van der Waals surface area contributed by atoms with E-state index in [-0.39, 0.29) is 23.6 Å². The molecule has 1 aliphatic heterocycles. The fraction of sp³-hybridized carbons (Fsp3) is 0.286. The molecule has 2 aromatic heterocycles. The van der Waals surface area contributed by atoms with E-state index in [1.54, 1.807) is 6.26 Å². The molecular formula is C28H29N5O3S. The normalized spacial score (nSPS) is 15.7. The van der Waals surface area contributed by atoms with E-state index in [9.17, 15) is 9.59 Å². The molecule has 190 valence electrons. The summed E-state index contributed by atoms with van der Waals surface area (Å²) in [5.41, 5.74) is 3.02. The van der Waals surface area contributed by atoms with Gasteiger partial charge in [0.25, 0.3) is 0 Å². The molecule has 8 nitrogen and oxygen atoms in total. The Kier molecular flexibility index (Phi) is 7.41. The molecular weight excluding hydrogens is 486 g/mol. The molecule has 0 radical (unpaired) electrons. The fourth-order valence-electron chi connectivity index (χ4n) is 4.57. The van der Waals surface area contributed by atoms with E-state index in [1.165, 1.54) is 11.8 Å². The van der Waals surface area contributed by atoms with Gasteiger partial charge in [-0.25, -0.2) is 0 Å². The van der Waals surface area contributed by atoms with Crippen LogP contribution in [0.1, 0.15) is 18.1 Å². The number of aryl methyl sites for hydroxylation is 1. The van der Waals surface area contributed by atoms with Crippen LogP contribution in [0.15, 0.2) is 82.6 Å². The molecule has 0 spiro atoms. The van der Waals surface area contributed by atoms with Crippen LogP contribution >= 0.6 is 11.8 Å². The first-order valence-electron chi connectivity index (χ1n) is 12.3. The summed E-state index contributed by atoms with van der Waals surface area (Å²) in [7, 11) is 0. The molecule has 0 bridgehead atoms. The number of thioether (sulfide) groups is 1. The monoisotopic (exact) mass is 515 g/mol. The van der Waals surface area contributed by atoms with Crippen molar-refractivity contribution in [3.63, 3.8) is 0 Å². The number of carbonyl (C=O) groups is 2. The summed E-state index contributed by atoms with van der Waals surface area (Å²) in [6, 6.07) is 21.4. The van der Waals surface area contributed by atoms with Crippen molar-refractivity contribution in [1.82, 2.24) is 24.6 Å². The lowest BCUT2D eigenvalue weighted by molar-refractivity contribution is -0.140. The minimum atomic E-state index is -0.0413. The first kappa shape index (κ1) is 24.8. The third-order valence-electron chi connectivity index (χ3n) is 6.46. The Morgan fingerprint density at radius 2 is 1.84 bits per heavy atom. The number of amides is 2. The van der Waals surface area contributed by atoms with Crippen LogP contribution in [0.5, 0.6) is 0 Å². The molecule has 37 heavy (non-hydrogen) atoms. The van der Waals surface area contributed by atoms with Crippen LogP contribution < -0.4 is 0 Å². The highest BCUT2D eigenvalue weighted by atomic mass is 32.2. The zero-order chi connectivity index (χ0) is 25.8. The molecule has 2 amide bonds. The van der Waals surface area contributed by atoms with Crippen LogP contribution in [-0.4, -0.2) is 67.8 Å². The topological polar surface area (TPSA) is 84.5 Å². The first-order valence-corrected chi connectivity index (χ1v) is 13.3. The number of nitrogens with zero attached hydrogens (tertiary/aromatic N) is 5. The van der Waals surface area contributed by atoms with E-state index in [4.69, 9.17) is 4.42 Å². The van der Waals surface area contributed by atoms with Gasteiger partial charge >= 0.3 is 0 Å². The van der Waals surface area contributed by atoms with Gasteiger partial charge in [0.15, 0.2) is 10.9 Å². The van der Waals surface area contributed by atoms with E-state index in [0.29, 0.717) is 42.8 Å². The van der Waals surface area contributed by atoms with E-state index in [0.717, 1.165) is 16.8 Å². The second kappa shape index (κ2) is 11.0. The van der Waals surface area contributed by atoms with Gasteiger partial charge in [-0.15, -0.1) is 10.2 Å².